The van der Waals surface area contributed by atoms with E-state index in [4.69, 9.17) is 9.47 Å². The van der Waals surface area contributed by atoms with Crippen molar-refractivity contribution >= 4 is 65.0 Å². The minimum atomic E-state index is -1.39. The molecule has 0 spiro atoms. The molecule has 3 aliphatic rings. The second-order valence-corrected chi connectivity index (χ2v) is 30.1. The molecule has 3 aliphatic heterocycles. The van der Waals surface area contributed by atoms with E-state index in [1.54, 1.807) is 25.7 Å². The van der Waals surface area contributed by atoms with Crippen molar-refractivity contribution < 1.29 is 67.3 Å². The van der Waals surface area contributed by atoms with Crippen molar-refractivity contribution in [2.24, 2.45) is 29.6 Å². The number of aliphatic hydroxyl groups excluding tert-OH is 1. The molecule has 572 valence electrons. The molecule has 1 unspecified atom stereocenters. The fourth-order valence-corrected chi connectivity index (χ4v) is 13.2. The van der Waals surface area contributed by atoms with Gasteiger partial charge in [-0.2, -0.15) is 0 Å². The number of hydrogen-bond donors (Lipinski definition) is 5. The molecule has 5 N–H and O–H groups in total. The maximum absolute atomic E-state index is 15.6. The highest BCUT2D eigenvalue weighted by atomic mass is 16.5. The molecule has 1 aromatic carbocycles. The van der Waals surface area contributed by atoms with Gasteiger partial charge in [0.15, 0.2) is 0 Å². The Bertz CT molecular complexity index is 2840. The SMILES string of the molecule is CCCCN1CC(=O)N(C)[C@@H](Cc2ccccc2)C(=O)N(C)[C@@H](CC(C)C)C(=O)N[C@@H](CC(C)C)C(=O)N(C)[C@@H](CC(C)C)C(=O)N[C@H](C(O)N2CCCCC2)CC(=O)N(C)CC(=O)N(C)[C@@H](CC)C(=O)N[C@@H](C(C)C)C(=O)N(C)[C@@H](CC(C)C)C(=O)N[C@@H](COCCN2CCOCC2)C1=O. The predicted octanol–water partition coefficient (Wildman–Crippen LogP) is 3.20. The maximum atomic E-state index is 15.6. The van der Waals surface area contributed by atoms with E-state index in [1.165, 1.54) is 71.7 Å². The van der Waals surface area contributed by atoms with Crippen molar-refractivity contribution in [3.63, 3.8) is 0 Å². The van der Waals surface area contributed by atoms with E-state index in [2.05, 4.69) is 26.2 Å². The standard InChI is InChI=1S/C74H127N13O14/c1-19-21-30-87-46-64(90)81(15)61(43-53-28-24-22-25-29-53)73(98)83(17)59(41-50(7)8)68(93)75-54(39-48(3)4)70(95)82(16)58(40-49(5)6)67(92)76-55(71(96)86-31-26-23-27-32-86)44-62(88)79(13)45-63(89)80(14)57(20-2)66(91)78-65(52(11)12)74(99)84(18)60(42-51(9)10)69(94)77-56(72(87)97)47-101-38-35-85-33-36-100-37-34-85/h22,24-25,28-29,48-52,54-61,65,71,96H,19-21,23,26-27,30-47H2,1-18H3,(H,75,93)(H,76,92)(H,77,94)(H,78,91)/t54-,55-,56-,57-,58-,59-,60-,61-,65-,71?/m0/s1. The maximum Gasteiger partial charge on any atom is 0.248 e. The first kappa shape index (κ1) is 86.6. The first-order valence-electron chi connectivity index (χ1n) is 37.0. The molecule has 0 bridgehead atoms. The zero-order valence-electron chi connectivity index (χ0n) is 64.3. The van der Waals surface area contributed by atoms with Crippen LogP contribution >= 0.6 is 0 Å². The third-order valence-corrected chi connectivity index (χ3v) is 19.6. The second-order valence-electron chi connectivity index (χ2n) is 30.1. The van der Waals surface area contributed by atoms with Crippen molar-refractivity contribution in [3.8, 4) is 0 Å². The average Bonchev–Trinajstić information content (AvgIpc) is 0.821. The van der Waals surface area contributed by atoms with Crippen LogP contribution in [0.4, 0.5) is 0 Å². The molecule has 0 aliphatic carbocycles. The van der Waals surface area contributed by atoms with Crippen LogP contribution in [0.15, 0.2) is 30.3 Å². The first-order valence-corrected chi connectivity index (χ1v) is 37.0. The van der Waals surface area contributed by atoms with Gasteiger partial charge in [-0.3, -0.25) is 62.5 Å². The zero-order chi connectivity index (χ0) is 75.5. The molecule has 27 nitrogen and oxygen atoms in total. The number of likely N-dealkylation sites (tertiary alicyclic amines) is 1. The number of hydrogen-bond acceptors (Lipinski definition) is 16. The highest BCUT2D eigenvalue weighted by Crippen LogP contribution is 2.24. The van der Waals surface area contributed by atoms with Gasteiger partial charge in [-0.05, 0) is 86.5 Å². The molecule has 3 heterocycles. The van der Waals surface area contributed by atoms with Crippen molar-refractivity contribution in [3.05, 3.63) is 35.9 Å². The van der Waals surface area contributed by atoms with Gasteiger partial charge in [0.2, 0.25) is 65.0 Å². The summed E-state index contributed by atoms with van der Waals surface area (Å²) in [6, 6.07) is -1.94. The summed E-state index contributed by atoms with van der Waals surface area (Å²) >= 11 is 0. The number of aliphatic hydroxyl groups is 1. The number of morpholine rings is 1. The van der Waals surface area contributed by atoms with Gasteiger partial charge >= 0.3 is 0 Å². The van der Waals surface area contributed by atoms with Gasteiger partial charge in [0.1, 0.15) is 54.6 Å². The first-order chi connectivity index (χ1) is 47.6. The largest absolute Gasteiger partial charge is 0.379 e. The summed E-state index contributed by atoms with van der Waals surface area (Å²) in [5, 5.41) is 23.9. The van der Waals surface area contributed by atoms with E-state index < -0.39 is 151 Å². The summed E-state index contributed by atoms with van der Waals surface area (Å²) in [6.45, 7) is 25.0. The summed E-state index contributed by atoms with van der Waals surface area (Å²) in [6.07, 6.45) is 2.29. The molecular weight excluding hydrogens is 1290 g/mol. The van der Waals surface area contributed by atoms with Gasteiger partial charge in [-0.1, -0.05) is 126 Å². The summed E-state index contributed by atoms with van der Waals surface area (Å²) in [4.78, 5) is 178. The predicted molar refractivity (Wildman–Crippen MR) is 387 cm³/mol. The Hall–Kier alpha value is -6.81. The molecule has 11 amide bonds. The van der Waals surface area contributed by atoms with Crippen LogP contribution in [0.3, 0.4) is 0 Å². The van der Waals surface area contributed by atoms with Crippen molar-refractivity contribution in [1.82, 2.24) is 65.4 Å². The lowest BCUT2D eigenvalue weighted by Crippen LogP contribution is -2.61. The lowest BCUT2D eigenvalue weighted by molar-refractivity contribution is -0.151. The van der Waals surface area contributed by atoms with E-state index in [1.807, 2.05) is 92.6 Å². The number of unbranched alkanes of at least 4 members (excludes halogenated alkanes) is 1. The van der Waals surface area contributed by atoms with Crippen molar-refractivity contribution in [2.45, 2.75) is 221 Å². The fraction of sp³-hybridized carbons (Fsp3) is 0.770. The number of likely N-dealkylation sites (N-methyl/N-ethyl adjacent to an activating group) is 6. The van der Waals surface area contributed by atoms with Crippen LogP contribution in [0, 0.1) is 29.6 Å². The topological polar surface area (TPSA) is 304 Å². The average molecular weight is 1420 g/mol. The third-order valence-electron chi connectivity index (χ3n) is 19.6. The van der Waals surface area contributed by atoms with Gasteiger partial charge in [-0.25, -0.2) is 0 Å². The number of nitrogens with one attached hydrogen (secondary N) is 4. The number of benzene rings is 1. The molecule has 101 heavy (non-hydrogen) atoms. The van der Waals surface area contributed by atoms with Gasteiger partial charge in [0, 0.05) is 88.0 Å². The summed E-state index contributed by atoms with van der Waals surface area (Å²) in [7, 11) is 8.73. The quantitative estimate of drug-likeness (QED) is 0.104. The number of carbonyl (C=O) groups is 11. The Labute approximate surface area is 602 Å². The molecule has 4 rings (SSSR count). The molecule has 10 atom stereocenters. The Morgan fingerprint density at radius 1 is 0.515 bits per heavy atom. The number of ether oxygens (including phenoxy) is 2. The number of rotatable bonds is 22. The molecule has 0 saturated carbocycles. The minimum Gasteiger partial charge on any atom is -0.379 e. The van der Waals surface area contributed by atoms with E-state index in [9.17, 15) is 24.3 Å². The highest BCUT2D eigenvalue weighted by molar-refractivity contribution is 5.98. The Balaban J connectivity index is 1.95. The lowest BCUT2D eigenvalue weighted by Gasteiger charge is -2.38. The molecule has 3 fully saturated rings. The van der Waals surface area contributed by atoms with E-state index in [0.717, 1.165) is 24.2 Å². The Morgan fingerprint density at radius 2 is 1.01 bits per heavy atom. The fourth-order valence-electron chi connectivity index (χ4n) is 13.2. The number of nitrogens with zero attached hydrogens (tertiary/aromatic N) is 9. The monoisotopic (exact) mass is 1420 g/mol. The van der Waals surface area contributed by atoms with Crippen LogP contribution in [0.2, 0.25) is 0 Å². The zero-order valence-corrected chi connectivity index (χ0v) is 64.3. The van der Waals surface area contributed by atoms with Crippen LogP contribution < -0.4 is 21.3 Å². The van der Waals surface area contributed by atoms with Crippen LogP contribution in [-0.2, 0) is 68.6 Å². The van der Waals surface area contributed by atoms with Crippen LogP contribution in [-0.4, -0.2) is 296 Å². The number of amides is 11. The molecule has 0 radical (unpaired) electrons. The lowest BCUT2D eigenvalue weighted by atomic mass is 9.96. The molecule has 0 aromatic heterocycles. The Kier molecular flexibility index (Phi) is 36.6. The number of carbonyl (C=O) groups excluding carboxylic acids is 11. The van der Waals surface area contributed by atoms with Gasteiger partial charge in [0.05, 0.1) is 52.0 Å². The highest BCUT2D eigenvalue weighted by Gasteiger charge is 2.43. The van der Waals surface area contributed by atoms with Gasteiger partial charge in [0.25, 0.3) is 0 Å². The summed E-state index contributed by atoms with van der Waals surface area (Å²) < 4.78 is 11.8. The molecular formula is C74H127N13O14. The second kappa shape index (κ2) is 42.7. The van der Waals surface area contributed by atoms with E-state index >= 15 is 33.6 Å². The number of piperidine rings is 1. The van der Waals surface area contributed by atoms with Gasteiger partial charge in [-0.15, -0.1) is 0 Å². The summed E-state index contributed by atoms with van der Waals surface area (Å²) in [5.41, 5.74) is 0.696. The van der Waals surface area contributed by atoms with Crippen molar-refractivity contribution in [2.75, 3.05) is 121 Å². The van der Waals surface area contributed by atoms with Crippen LogP contribution in [0.1, 0.15) is 159 Å². The molecule has 3 saturated heterocycles. The van der Waals surface area contributed by atoms with E-state index in [-0.39, 0.29) is 82.0 Å². The summed E-state index contributed by atoms with van der Waals surface area (Å²) in [5.74, 6) is -8.27. The minimum absolute atomic E-state index is 0.000904. The van der Waals surface area contributed by atoms with Crippen molar-refractivity contribution in [1.29, 1.82) is 0 Å². The molecule has 1 aromatic rings. The van der Waals surface area contributed by atoms with Crippen LogP contribution in [0.5, 0.6) is 0 Å². The van der Waals surface area contributed by atoms with Gasteiger partial charge < -0.3 is 70.1 Å². The normalized spacial score (nSPS) is 25.6. The Morgan fingerprint density at radius 3 is 1.53 bits per heavy atom. The van der Waals surface area contributed by atoms with Crippen LogP contribution in [0.25, 0.3) is 0 Å². The third kappa shape index (κ3) is 26.8. The van der Waals surface area contributed by atoms with E-state index in [0.29, 0.717) is 64.3 Å². The molecule has 27 heteroatoms. The smallest absolute Gasteiger partial charge is 0.248 e.